The maximum absolute atomic E-state index is 13.9. The largest absolute Gasteiger partial charge is 0.493 e. The predicted molar refractivity (Wildman–Crippen MR) is 146 cm³/mol. The highest BCUT2D eigenvalue weighted by Crippen LogP contribution is 2.40. The van der Waals surface area contributed by atoms with Crippen LogP contribution in [0.25, 0.3) is 11.3 Å². The van der Waals surface area contributed by atoms with Gasteiger partial charge in [-0.2, -0.15) is 13.2 Å². The zero-order chi connectivity index (χ0) is 28.2. The first-order valence-electron chi connectivity index (χ1n) is 12.6. The second kappa shape index (κ2) is 11.7. The Hall–Kier alpha value is -3.47. The van der Waals surface area contributed by atoms with Gasteiger partial charge in [-0.1, -0.05) is 32.0 Å². The number of aromatic nitrogens is 2. The number of pyridine rings is 2. The van der Waals surface area contributed by atoms with Crippen molar-refractivity contribution in [2.24, 2.45) is 11.3 Å². The number of benzene rings is 1. The van der Waals surface area contributed by atoms with Crippen LogP contribution in [0.4, 0.5) is 24.8 Å². The van der Waals surface area contributed by atoms with E-state index in [1.807, 2.05) is 30.9 Å². The first-order chi connectivity index (χ1) is 18.5. The predicted octanol–water partition coefficient (Wildman–Crippen LogP) is 7.01. The number of carboxylic acid groups (broad SMARTS) is 1. The Morgan fingerprint density at radius 3 is 2.64 bits per heavy atom. The summed E-state index contributed by atoms with van der Waals surface area (Å²) in [5.41, 5.74) is -1.68. The summed E-state index contributed by atoms with van der Waals surface area (Å²) < 4.78 is 50.6. The van der Waals surface area contributed by atoms with Crippen molar-refractivity contribution in [1.82, 2.24) is 9.97 Å². The molecule has 7 nitrogen and oxygen atoms in total. The van der Waals surface area contributed by atoms with Crippen LogP contribution in [-0.2, 0) is 11.0 Å². The minimum atomic E-state index is -4.60. The molecule has 1 fully saturated rings. The Labute approximate surface area is 229 Å². The number of hydrogen-bond acceptors (Lipinski definition) is 7. The van der Waals surface area contributed by atoms with Gasteiger partial charge in [0.25, 0.3) is 0 Å². The number of halogens is 3. The molecule has 0 spiro atoms. The van der Waals surface area contributed by atoms with Gasteiger partial charge in [0, 0.05) is 30.6 Å². The van der Waals surface area contributed by atoms with Crippen LogP contribution in [0.3, 0.4) is 0 Å². The SMILES string of the molecule is CC(C)COc1ccccc1-c1nc(NSc2cccc(N3CCCC(C)(C(=O)O)C3)n2)ccc1C(F)(F)F. The van der Waals surface area contributed by atoms with Gasteiger partial charge in [0.2, 0.25) is 0 Å². The molecule has 1 saturated heterocycles. The number of rotatable bonds is 9. The molecule has 0 bridgehead atoms. The third kappa shape index (κ3) is 6.95. The smallest absolute Gasteiger partial charge is 0.418 e. The lowest BCUT2D eigenvalue weighted by Crippen LogP contribution is -2.46. The van der Waals surface area contributed by atoms with E-state index in [1.54, 1.807) is 37.3 Å². The van der Waals surface area contributed by atoms with E-state index in [0.717, 1.165) is 24.4 Å². The number of carbonyl (C=O) groups is 1. The van der Waals surface area contributed by atoms with Gasteiger partial charge in [-0.25, -0.2) is 9.97 Å². The number of alkyl halides is 3. The topological polar surface area (TPSA) is 87.6 Å². The fourth-order valence-corrected chi connectivity index (χ4v) is 4.95. The van der Waals surface area contributed by atoms with Gasteiger partial charge in [0.05, 0.1) is 23.3 Å². The summed E-state index contributed by atoms with van der Waals surface area (Å²) in [7, 11) is 0. The van der Waals surface area contributed by atoms with Crippen molar-refractivity contribution in [3.8, 4) is 17.0 Å². The molecule has 2 N–H and O–H groups in total. The Morgan fingerprint density at radius 2 is 1.92 bits per heavy atom. The number of piperidine rings is 1. The summed E-state index contributed by atoms with van der Waals surface area (Å²) >= 11 is 1.11. The molecule has 1 unspecified atom stereocenters. The molecule has 0 radical (unpaired) electrons. The van der Waals surface area contributed by atoms with Gasteiger partial charge in [-0.05, 0) is 62.1 Å². The molecule has 0 saturated carbocycles. The normalized spacial score (nSPS) is 17.8. The van der Waals surface area contributed by atoms with Crippen molar-refractivity contribution in [3.63, 3.8) is 0 Å². The van der Waals surface area contributed by atoms with E-state index in [9.17, 15) is 23.1 Å². The summed E-state index contributed by atoms with van der Waals surface area (Å²) in [5, 5.41) is 10.2. The average molecular weight is 561 g/mol. The summed E-state index contributed by atoms with van der Waals surface area (Å²) in [6.45, 7) is 7.06. The van der Waals surface area contributed by atoms with Crippen LogP contribution < -0.4 is 14.4 Å². The standard InChI is InChI=1S/C28H31F3N4O3S/c1-18(2)16-38-21-9-5-4-8-19(21)25-20(28(29,30)31)12-13-22(32-25)34-39-24-11-6-10-23(33-24)35-15-7-14-27(3,17-35)26(36)37/h4-6,8-13,18H,7,14-17H2,1-3H3,(H,32,34)(H,36,37). The molecule has 1 aromatic carbocycles. The minimum absolute atomic E-state index is 0.198. The van der Waals surface area contributed by atoms with E-state index in [1.165, 1.54) is 6.07 Å². The zero-order valence-corrected chi connectivity index (χ0v) is 22.8. The highest BCUT2D eigenvalue weighted by molar-refractivity contribution is 8.00. The highest BCUT2D eigenvalue weighted by atomic mass is 32.2. The van der Waals surface area contributed by atoms with E-state index in [2.05, 4.69) is 14.7 Å². The molecule has 0 amide bonds. The second-order valence-corrected chi connectivity index (χ2v) is 11.0. The van der Waals surface area contributed by atoms with E-state index < -0.39 is 23.1 Å². The molecule has 1 aliphatic rings. The lowest BCUT2D eigenvalue weighted by molar-refractivity contribution is -0.148. The lowest BCUT2D eigenvalue weighted by Gasteiger charge is -2.38. The number of nitrogens with one attached hydrogen (secondary N) is 1. The molecule has 4 rings (SSSR count). The monoisotopic (exact) mass is 560 g/mol. The van der Waals surface area contributed by atoms with Gasteiger partial charge in [0.1, 0.15) is 22.4 Å². The number of anilines is 2. The number of para-hydroxylation sites is 1. The van der Waals surface area contributed by atoms with Crippen LogP contribution in [0.2, 0.25) is 0 Å². The van der Waals surface area contributed by atoms with E-state index in [4.69, 9.17) is 4.74 Å². The van der Waals surface area contributed by atoms with Crippen LogP contribution in [-0.4, -0.2) is 40.7 Å². The third-order valence-electron chi connectivity index (χ3n) is 6.42. The van der Waals surface area contributed by atoms with Gasteiger partial charge in [-0.15, -0.1) is 0 Å². The molecule has 11 heteroatoms. The van der Waals surface area contributed by atoms with Crippen LogP contribution in [0.15, 0.2) is 59.6 Å². The Morgan fingerprint density at radius 1 is 1.15 bits per heavy atom. The maximum atomic E-state index is 13.9. The van der Waals surface area contributed by atoms with Gasteiger partial charge in [-0.3, -0.25) is 4.79 Å². The quantitative estimate of drug-likeness (QED) is 0.270. The van der Waals surface area contributed by atoms with Crippen LogP contribution in [0.1, 0.15) is 39.2 Å². The zero-order valence-electron chi connectivity index (χ0n) is 22.0. The summed E-state index contributed by atoms with van der Waals surface area (Å²) in [6, 6.07) is 14.3. The molecule has 1 aliphatic heterocycles. The van der Waals surface area contributed by atoms with Crippen molar-refractivity contribution >= 4 is 29.6 Å². The van der Waals surface area contributed by atoms with E-state index in [-0.39, 0.29) is 23.0 Å². The van der Waals surface area contributed by atoms with Crippen LogP contribution >= 0.6 is 11.9 Å². The first kappa shape index (κ1) is 28.5. The fraction of sp³-hybridized carbons (Fsp3) is 0.393. The average Bonchev–Trinajstić information content (AvgIpc) is 2.90. The molecule has 0 aliphatic carbocycles. The van der Waals surface area contributed by atoms with Crippen molar-refractivity contribution in [2.75, 3.05) is 29.3 Å². The fourth-order valence-electron chi connectivity index (χ4n) is 4.35. The molecule has 3 heterocycles. The number of carboxylic acids is 1. The second-order valence-electron chi connectivity index (χ2n) is 10.2. The molecule has 3 aromatic rings. The van der Waals surface area contributed by atoms with Crippen LogP contribution in [0, 0.1) is 11.3 Å². The maximum Gasteiger partial charge on any atom is 0.418 e. The highest BCUT2D eigenvalue weighted by Gasteiger charge is 2.38. The molecule has 1 atom stereocenters. The van der Waals surface area contributed by atoms with E-state index >= 15 is 0 Å². The van der Waals surface area contributed by atoms with Crippen molar-refractivity contribution in [1.29, 1.82) is 0 Å². The number of aliphatic carboxylic acids is 1. The van der Waals surface area contributed by atoms with E-state index in [0.29, 0.717) is 42.7 Å². The molecular formula is C28H31F3N4O3S. The number of nitrogens with zero attached hydrogens (tertiary/aromatic N) is 3. The van der Waals surface area contributed by atoms with Gasteiger partial charge in [0.15, 0.2) is 0 Å². The molecule has 2 aromatic heterocycles. The summed E-state index contributed by atoms with van der Waals surface area (Å²) in [5.74, 6) is 0.568. The van der Waals surface area contributed by atoms with Crippen LogP contribution in [0.5, 0.6) is 5.75 Å². The van der Waals surface area contributed by atoms with Crippen molar-refractivity contribution in [3.05, 3.63) is 60.2 Å². The number of ether oxygens (including phenoxy) is 1. The third-order valence-corrected chi connectivity index (χ3v) is 7.17. The minimum Gasteiger partial charge on any atom is -0.493 e. The van der Waals surface area contributed by atoms with Crippen molar-refractivity contribution in [2.45, 2.75) is 44.8 Å². The lowest BCUT2D eigenvalue weighted by atomic mass is 9.82. The Balaban J connectivity index is 1.57. The molecule has 39 heavy (non-hydrogen) atoms. The molecular weight excluding hydrogens is 529 g/mol. The first-order valence-corrected chi connectivity index (χ1v) is 13.5. The Kier molecular flexibility index (Phi) is 8.58. The van der Waals surface area contributed by atoms with Crippen molar-refractivity contribution < 1.29 is 27.8 Å². The summed E-state index contributed by atoms with van der Waals surface area (Å²) in [4.78, 5) is 22.6. The van der Waals surface area contributed by atoms with Gasteiger partial charge < -0.3 is 19.5 Å². The molecule has 208 valence electrons. The summed E-state index contributed by atoms with van der Waals surface area (Å²) in [6.07, 6.45) is -3.27. The number of hydrogen-bond donors (Lipinski definition) is 2. The van der Waals surface area contributed by atoms with Gasteiger partial charge >= 0.3 is 12.1 Å². The Bertz CT molecular complexity index is 1320.